The summed E-state index contributed by atoms with van der Waals surface area (Å²) < 4.78 is 0. The molecule has 1 aromatic rings. The highest BCUT2D eigenvalue weighted by Crippen LogP contribution is 2.69. The van der Waals surface area contributed by atoms with Gasteiger partial charge in [-0.3, -0.25) is 9.78 Å². The first kappa shape index (κ1) is 14.2. The van der Waals surface area contributed by atoms with Crippen LogP contribution in [-0.4, -0.2) is 10.9 Å². The van der Waals surface area contributed by atoms with Crippen LogP contribution in [0.25, 0.3) is 0 Å². The predicted octanol–water partition coefficient (Wildman–Crippen LogP) is 3.69. The summed E-state index contributed by atoms with van der Waals surface area (Å²) in [5.74, 6) is 1.06. The van der Waals surface area contributed by atoms with Gasteiger partial charge in [0, 0.05) is 18.9 Å². The maximum atomic E-state index is 13.0. The number of pyridine rings is 1. The Labute approximate surface area is 132 Å². The molecular weight excluding hydrogens is 272 g/mol. The maximum absolute atomic E-state index is 13.0. The molecule has 3 nitrogen and oxygen atoms in total. The Bertz CT molecular complexity index is 579. The number of amides is 1. The van der Waals surface area contributed by atoms with Crippen LogP contribution < -0.4 is 5.32 Å². The third-order valence-electron chi connectivity index (χ3n) is 6.31. The van der Waals surface area contributed by atoms with Crippen molar-refractivity contribution in [3.63, 3.8) is 0 Å². The molecule has 1 aromatic heterocycles. The Hall–Kier alpha value is -1.38. The zero-order valence-electron chi connectivity index (χ0n) is 13.7. The number of nitrogens with zero attached hydrogens (tertiary/aromatic N) is 1. The lowest BCUT2D eigenvalue weighted by atomic mass is 9.40. The number of hydrogen-bond donors (Lipinski definition) is 1. The van der Waals surface area contributed by atoms with Crippen molar-refractivity contribution >= 4 is 5.91 Å². The van der Waals surface area contributed by atoms with Gasteiger partial charge in [-0.1, -0.05) is 13.8 Å². The van der Waals surface area contributed by atoms with Crippen LogP contribution in [-0.2, 0) is 11.3 Å². The van der Waals surface area contributed by atoms with Crippen molar-refractivity contribution in [1.82, 2.24) is 10.3 Å². The van der Waals surface area contributed by atoms with Crippen molar-refractivity contribution in [3.05, 3.63) is 30.1 Å². The summed E-state index contributed by atoms with van der Waals surface area (Å²) >= 11 is 0. The van der Waals surface area contributed by atoms with Gasteiger partial charge in [-0.2, -0.15) is 0 Å². The van der Waals surface area contributed by atoms with Crippen LogP contribution in [0, 0.1) is 22.2 Å². The number of aromatic nitrogens is 1. The number of carbonyl (C=O) groups is 1. The van der Waals surface area contributed by atoms with E-state index < -0.39 is 0 Å². The van der Waals surface area contributed by atoms with E-state index in [1.54, 1.807) is 12.4 Å². The zero-order valence-corrected chi connectivity index (χ0v) is 13.7. The lowest BCUT2D eigenvalue weighted by Gasteiger charge is -2.64. The first-order chi connectivity index (χ1) is 10.4. The molecule has 22 heavy (non-hydrogen) atoms. The van der Waals surface area contributed by atoms with Gasteiger partial charge in [0.1, 0.15) is 0 Å². The molecule has 0 radical (unpaired) electrons. The summed E-state index contributed by atoms with van der Waals surface area (Å²) in [6.07, 6.45) is 10.9. The van der Waals surface area contributed by atoms with Crippen LogP contribution in [0.2, 0.25) is 0 Å². The second-order valence-electron chi connectivity index (χ2n) is 8.95. The minimum absolute atomic E-state index is 0.101. The topological polar surface area (TPSA) is 42.0 Å². The quantitative estimate of drug-likeness (QED) is 0.924. The molecule has 0 saturated heterocycles. The molecule has 4 bridgehead atoms. The summed E-state index contributed by atoms with van der Waals surface area (Å²) in [6, 6.07) is 3.95. The van der Waals surface area contributed by atoms with E-state index in [1.807, 2.05) is 12.1 Å². The average Bonchev–Trinajstić information content (AvgIpc) is 2.42. The number of rotatable bonds is 3. The molecule has 3 heteroatoms. The van der Waals surface area contributed by atoms with E-state index >= 15 is 0 Å². The summed E-state index contributed by atoms with van der Waals surface area (Å²) in [5.41, 5.74) is 1.81. The molecule has 0 spiro atoms. The Kier molecular flexibility index (Phi) is 2.95. The molecule has 5 rings (SSSR count). The molecule has 2 atom stereocenters. The predicted molar refractivity (Wildman–Crippen MR) is 85.9 cm³/mol. The minimum atomic E-state index is -0.101. The highest BCUT2D eigenvalue weighted by atomic mass is 16.2. The van der Waals surface area contributed by atoms with E-state index in [9.17, 15) is 4.79 Å². The summed E-state index contributed by atoms with van der Waals surface area (Å²) in [6.45, 7) is 5.46. The molecule has 1 heterocycles. The molecule has 0 aliphatic heterocycles. The zero-order chi connectivity index (χ0) is 15.4. The van der Waals surface area contributed by atoms with Gasteiger partial charge in [-0.25, -0.2) is 0 Å². The second kappa shape index (κ2) is 4.56. The van der Waals surface area contributed by atoms with E-state index in [2.05, 4.69) is 24.1 Å². The van der Waals surface area contributed by atoms with Gasteiger partial charge in [-0.15, -0.1) is 0 Å². The first-order valence-corrected chi connectivity index (χ1v) is 8.58. The molecule has 1 amide bonds. The fourth-order valence-electron chi connectivity index (χ4n) is 6.57. The molecule has 4 aliphatic rings. The van der Waals surface area contributed by atoms with Crippen LogP contribution in [0.15, 0.2) is 24.5 Å². The molecule has 4 aliphatic carbocycles. The monoisotopic (exact) mass is 298 g/mol. The van der Waals surface area contributed by atoms with Crippen molar-refractivity contribution in [2.75, 3.05) is 0 Å². The Morgan fingerprint density at radius 3 is 2.36 bits per heavy atom. The van der Waals surface area contributed by atoms with Gasteiger partial charge in [0.15, 0.2) is 0 Å². The van der Waals surface area contributed by atoms with Gasteiger partial charge >= 0.3 is 0 Å². The molecule has 118 valence electrons. The molecule has 4 fully saturated rings. The van der Waals surface area contributed by atoms with E-state index in [-0.39, 0.29) is 5.41 Å². The van der Waals surface area contributed by atoms with Gasteiger partial charge < -0.3 is 5.32 Å². The fraction of sp³-hybridized carbons (Fsp3) is 0.684. The van der Waals surface area contributed by atoms with Crippen molar-refractivity contribution in [2.45, 2.75) is 58.9 Å². The maximum Gasteiger partial charge on any atom is 0.226 e. The average molecular weight is 298 g/mol. The summed E-state index contributed by atoms with van der Waals surface area (Å²) in [7, 11) is 0. The van der Waals surface area contributed by atoms with Crippen molar-refractivity contribution in [3.8, 4) is 0 Å². The van der Waals surface area contributed by atoms with E-state index in [0.29, 0.717) is 23.3 Å². The standard InChI is InChI=1S/C19H26N2O/c1-17-7-15-8-18(2,11-17)13-19(9-15,12-17)16(22)21-10-14-3-5-20-6-4-14/h3-6,15H,7-13H2,1-2H3,(H,21,22)/t15?,17-,18-,19?/m0/s1. The molecule has 1 N–H and O–H groups in total. The van der Waals surface area contributed by atoms with Crippen LogP contribution >= 0.6 is 0 Å². The summed E-state index contributed by atoms with van der Waals surface area (Å²) in [5, 5.41) is 3.22. The smallest absolute Gasteiger partial charge is 0.226 e. The third-order valence-corrected chi connectivity index (χ3v) is 6.31. The van der Waals surface area contributed by atoms with Crippen molar-refractivity contribution < 1.29 is 4.79 Å². The lowest BCUT2D eigenvalue weighted by Crippen LogP contribution is -2.59. The minimum Gasteiger partial charge on any atom is -0.352 e. The van der Waals surface area contributed by atoms with E-state index in [4.69, 9.17) is 0 Å². The largest absolute Gasteiger partial charge is 0.352 e. The van der Waals surface area contributed by atoms with Crippen LogP contribution in [0.3, 0.4) is 0 Å². The molecule has 4 saturated carbocycles. The first-order valence-electron chi connectivity index (χ1n) is 8.58. The van der Waals surface area contributed by atoms with Crippen LogP contribution in [0.1, 0.15) is 57.9 Å². The van der Waals surface area contributed by atoms with Crippen molar-refractivity contribution in [1.29, 1.82) is 0 Å². The number of hydrogen-bond acceptors (Lipinski definition) is 2. The van der Waals surface area contributed by atoms with Crippen molar-refractivity contribution in [2.24, 2.45) is 22.2 Å². The highest BCUT2D eigenvalue weighted by molar-refractivity contribution is 5.83. The van der Waals surface area contributed by atoms with Gasteiger partial charge in [0.2, 0.25) is 5.91 Å². The van der Waals surface area contributed by atoms with Crippen LogP contribution in [0.5, 0.6) is 0 Å². The molecule has 0 aromatic carbocycles. The lowest BCUT2D eigenvalue weighted by molar-refractivity contribution is -0.170. The molecule has 0 unspecified atom stereocenters. The highest BCUT2D eigenvalue weighted by Gasteiger charge is 2.62. The van der Waals surface area contributed by atoms with Crippen LogP contribution in [0.4, 0.5) is 0 Å². The number of nitrogens with one attached hydrogen (secondary N) is 1. The number of carbonyl (C=O) groups excluding carboxylic acids is 1. The fourth-order valence-corrected chi connectivity index (χ4v) is 6.57. The normalized spacial score (nSPS) is 42.4. The van der Waals surface area contributed by atoms with Gasteiger partial charge in [0.05, 0.1) is 5.41 Å². The Balaban J connectivity index is 1.53. The van der Waals surface area contributed by atoms with E-state index in [1.165, 1.54) is 19.3 Å². The SMILES string of the molecule is C[C@@]12CC3CC(C(=O)NCc4ccncc4)(C1)C[C@@](C)(C3)C2. The molecular formula is C19H26N2O. The Morgan fingerprint density at radius 2 is 1.77 bits per heavy atom. The van der Waals surface area contributed by atoms with Gasteiger partial charge in [-0.05, 0) is 73.0 Å². The Morgan fingerprint density at radius 1 is 1.14 bits per heavy atom. The van der Waals surface area contributed by atoms with Gasteiger partial charge in [0.25, 0.3) is 0 Å². The third kappa shape index (κ3) is 2.26. The second-order valence-corrected chi connectivity index (χ2v) is 8.95. The summed E-state index contributed by atoms with van der Waals surface area (Å²) in [4.78, 5) is 17.1. The van der Waals surface area contributed by atoms with E-state index in [0.717, 1.165) is 30.7 Å².